The van der Waals surface area contributed by atoms with Crippen molar-refractivity contribution >= 4 is 6.08 Å². The van der Waals surface area contributed by atoms with Gasteiger partial charge in [0, 0.05) is 0 Å². The van der Waals surface area contributed by atoms with Gasteiger partial charge in [-0.3, -0.25) is 0 Å². The molecular formula is C28H38Hf. The molecule has 0 saturated carbocycles. The van der Waals surface area contributed by atoms with E-state index in [1.165, 1.54) is 32.1 Å². The van der Waals surface area contributed by atoms with Crippen LogP contribution >= 0.6 is 0 Å². The maximum atomic E-state index is 2.67. The molecule has 154 valence electrons. The summed E-state index contributed by atoms with van der Waals surface area (Å²) >= 11 is -1.12. The van der Waals surface area contributed by atoms with Gasteiger partial charge in [0.2, 0.25) is 0 Å². The second-order valence-electron chi connectivity index (χ2n) is 10.2. The molecule has 1 aromatic rings. The van der Waals surface area contributed by atoms with E-state index in [0.717, 1.165) is 0 Å². The minimum atomic E-state index is -1.12. The molecule has 3 aliphatic carbocycles. The van der Waals surface area contributed by atoms with Gasteiger partial charge in [-0.2, -0.15) is 0 Å². The van der Waals surface area contributed by atoms with E-state index in [-0.39, 0.29) is 0 Å². The summed E-state index contributed by atoms with van der Waals surface area (Å²) in [6.45, 7) is 19.4. The standard InChI is InChI=1S/C18H23.C10H15.Hf/c1-4-13-7-8-14-9-15-11-18(5-2,6-3)12-16(15)10-17(13)14;1-6-7(2)9(4)10(5)8(6)3;/h7-10H,4-6,11-12H2,1-3H3;1-5H3;. The number of hydrogen-bond donors (Lipinski definition) is 0. The van der Waals surface area contributed by atoms with Gasteiger partial charge in [-0.05, 0) is 0 Å². The Labute approximate surface area is 190 Å². The van der Waals surface area contributed by atoms with Gasteiger partial charge in [-0.25, -0.2) is 0 Å². The van der Waals surface area contributed by atoms with Crippen molar-refractivity contribution in [2.75, 3.05) is 0 Å². The fourth-order valence-corrected chi connectivity index (χ4v) is 14.6. The molecule has 0 saturated heterocycles. The zero-order valence-corrected chi connectivity index (χ0v) is 23.4. The second-order valence-corrected chi connectivity index (χ2v) is 17.9. The zero-order valence-electron chi connectivity index (χ0n) is 19.8. The molecule has 0 aromatic heterocycles. The molecule has 3 aliphatic rings. The number of rotatable bonds is 5. The van der Waals surface area contributed by atoms with Crippen LogP contribution in [0, 0.1) is 5.41 Å². The average Bonchev–Trinajstić information content (AvgIpc) is 3.31. The summed E-state index contributed by atoms with van der Waals surface area (Å²) < 4.78 is 0.724. The van der Waals surface area contributed by atoms with Gasteiger partial charge in [0.1, 0.15) is 0 Å². The Morgan fingerprint density at radius 1 is 0.828 bits per heavy atom. The summed E-state index contributed by atoms with van der Waals surface area (Å²) in [5.74, 6) is 0. The van der Waals surface area contributed by atoms with Gasteiger partial charge in [-0.15, -0.1) is 0 Å². The molecule has 0 nitrogen and oxygen atoms in total. The van der Waals surface area contributed by atoms with Crippen molar-refractivity contribution in [1.29, 1.82) is 0 Å². The van der Waals surface area contributed by atoms with Crippen LogP contribution in [0.2, 0.25) is 3.17 Å². The molecule has 0 aliphatic heterocycles. The monoisotopic (exact) mass is 554 g/mol. The fourth-order valence-electron chi connectivity index (χ4n) is 6.24. The molecule has 0 amide bonds. The van der Waals surface area contributed by atoms with E-state index >= 15 is 0 Å². The third-order valence-electron chi connectivity index (χ3n) is 9.25. The Kier molecular flexibility index (Phi) is 5.33. The van der Waals surface area contributed by atoms with Gasteiger partial charge in [0.25, 0.3) is 0 Å². The zero-order chi connectivity index (χ0) is 21.2. The van der Waals surface area contributed by atoms with Crippen molar-refractivity contribution in [3.63, 3.8) is 0 Å². The summed E-state index contributed by atoms with van der Waals surface area (Å²) in [6.07, 6.45) is 11.6. The molecule has 29 heavy (non-hydrogen) atoms. The summed E-state index contributed by atoms with van der Waals surface area (Å²) in [5, 5.41) is 0. The first-order valence-corrected chi connectivity index (χ1v) is 15.3. The van der Waals surface area contributed by atoms with E-state index in [4.69, 9.17) is 0 Å². The first-order valence-electron chi connectivity index (χ1n) is 11.7. The average molecular weight is 553 g/mol. The summed E-state index contributed by atoms with van der Waals surface area (Å²) in [4.78, 5) is 0. The van der Waals surface area contributed by atoms with Gasteiger partial charge in [-0.1, -0.05) is 0 Å². The summed E-state index contributed by atoms with van der Waals surface area (Å²) in [5.41, 5.74) is 13.5. The Balaban J connectivity index is 1.76. The molecule has 0 bridgehead atoms. The summed E-state index contributed by atoms with van der Waals surface area (Å²) in [6, 6.07) is 5.25. The Hall–Kier alpha value is -0.690. The third kappa shape index (κ3) is 3.00. The molecule has 1 aromatic carbocycles. The van der Waals surface area contributed by atoms with Gasteiger partial charge in [0.15, 0.2) is 0 Å². The van der Waals surface area contributed by atoms with E-state index in [9.17, 15) is 0 Å². The minimum absolute atomic E-state index is 0.357. The van der Waals surface area contributed by atoms with Crippen LogP contribution in [-0.4, -0.2) is 0 Å². The molecule has 1 atom stereocenters. The van der Waals surface area contributed by atoms with Gasteiger partial charge < -0.3 is 0 Å². The summed E-state index contributed by atoms with van der Waals surface area (Å²) in [7, 11) is 0. The molecule has 0 radical (unpaired) electrons. The van der Waals surface area contributed by atoms with Crippen molar-refractivity contribution in [1.82, 2.24) is 0 Å². The van der Waals surface area contributed by atoms with E-state index in [1.54, 1.807) is 44.5 Å². The molecule has 1 heteroatoms. The fraction of sp³-hybridized carbons (Fsp3) is 0.571. The van der Waals surface area contributed by atoms with E-state index < -0.39 is 22.9 Å². The number of hydrogen-bond acceptors (Lipinski definition) is 0. The van der Waals surface area contributed by atoms with Gasteiger partial charge in [0.05, 0.1) is 0 Å². The van der Waals surface area contributed by atoms with Crippen molar-refractivity contribution in [3.05, 3.63) is 62.8 Å². The van der Waals surface area contributed by atoms with E-state index in [2.05, 4.69) is 79.7 Å². The van der Waals surface area contributed by atoms with Crippen LogP contribution < -0.4 is 0 Å². The van der Waals surface area contributed by atoms with Crippen molar-refractivity contribution in [2.45, 2.75) is 93.8 Å². The normalized spacial score (nSPS) is 26.3. The second kappa shape index (κ2) is 7.18. The van der Waals surface area contributed by atoms with E-state index in [1.807, 2.05) is 0 Å². The predicted molar refractivity (Wildman–Crippen MR) is 123 cm³/mol. The van der Waals surface area contributed by atoms with Crippen LogP contribution in [0.4, 0.5) is 0 Å². The van der Waals surface area contributed by atoms with Gasteiger partial charge >= 0.3 is 191 Å². The molecular weight excluding hydrogens is 515 g/mol. The van der Waals surface area contributed by atoms with Crippen LogP contribution in [0.1, 0.15) is 96.9 Å². The van der Waals surface area contributed by atoms with Crippen LogP contribution in [0.3, 0.4) is 0 Å². The Morgan fingerprint density at radius 3 is 1.90 bits per heavy atom. The maximum absolute atomic E-state index is 2.67. The number of fused-ring (bicyclic) bond motifs is 2. The van der Waals surface area contributed by atoms with Crippen LogP contribution in [0.15, 0.2) is 40.5 Å². The molecule has 4 rings (SSSR count). The molecule has 0 spiro atoms. The molecule has 0 heterocycles. The van der Waals surface area contributed by atoms with Crippen LogP contribution in [-0.2, 0) is 38.9 Å². The third-order valence-corrected chi connectivity index (χ3v) is 18.2. The van der Waals surface area contributed by atoms with Crippen molar-refractivity contribution < 1.29 is 22.9 Å². The van der Waals surface area contributed by atoms with Crippen molar-refractivity contribution in [3.8, 4) is 0 Å². The van der Waals surface area contributed by atoms with Crippen LogP contribution in [0.25, 0.3) is 6.08 Å². The molecule has 1 unspecified atom stereocenters. The van der Waals surface area contributed by atoms with Crippen molar-refractivity contribution in [2.24, 2.45) is 5.41 Å². The Morgan fingerprint density at radius 2 is 1.38 bits per heavy atom. The number of benzene rings is 1. The SMILES string of the molecule is CCC1(CC)Cc2cc3c(cc2C1)[C](CC)([Hf][C]1(C)C(C)=C(C)C(C)=C1C)C=C3. The van der Waals surface area contributed by atoms with Crippen LogP contribution in [0.5, 0.6) is 0 Å². The first kappa shape index (κ1) is 21.5. The predicted octanol–water partition coefficient (Wildman–Crippen LogP) is 8.17. The topological polar surface area (TPSA) is 0 Å². The van der Waals surface area contributed by atoms with E-state index in [0.29, 0.717) is 11.8 Å². The number of allylic oxidation sites excluding steroid dienone is 5. The first-order chi connectivity index (χ1) is 13.6. The Bertz CT molecular complexity index is 927. The quantitative estimate of drug-likeness (QED) is 0.323. The molecule has 0 N–H and O–H groups in total. The molecule has 0 fully saturated rings.